The van der Waals surface area contributed by atoms with Gasteiger partial charge in [-0.25, -0.2) is 9.18 Å². The number of rotatable bonds is 5. The molecule has 0 radical (unpaired) electrons. The van der Waals surface area contributed by atoms with Crippen molar-refractivity contribution in [2.45, 2.75) is 19.4 Å². The second-order valence-electron chi connectivity index (χ2n) is 5.82. The summed E-state index contributed by atoms with van der Waals surface area (Å²) in [7, 11) is 0. The van der Waals surface area contributed by atoms with Crippen molar-refractivity contribution in [1.82, 2.24) is 0 Å². The molecule has 130 valence electrons. The summed E-state index contributed by atoms with van der Waals surface area (Å²) < 4.78 is 18.6. The van der Waals surface area contributed by atoms with Crippen LogP contribution in [0.1, 0.15) is 28.8 Å². The minimum atomic E-state index is -0.723. The van der Waals surface area contributed by atoms with Crippen LogP contribution in [0.4, 0.5) is 15.8 Å². The summed E-state index contributed by atoms with van der Waals surface area (Å²) in [5.74, 6) is -1.19. The van der Waals surface area contributed by atoms with Crippen LogP contribution in [0.5, 0.6) is 0 Å². The van der Waals surface area contributed by atoms with E-state index in [4.69, 9.17) is 4.74 Å². The molecule has 0 spiro atoms. The van der Waals surface area contributed by atoms with Crippen LogP contribution < -0.4 is 4.90 Å². The normalized spacial score (nSPS) is 13.7. The molecule has 3 rings (SSSR count). The maximum Gasteiger partial charge on any atom is 0.338 e. The monoisotopic (exact) mass is 344 g/mol. The van der Waals surface area contributed by atoms with Crippen LogP contribution in [-0.2, 0) is 11.3 Å². The predicted octanol–water partition coefficient (Wildman–Crippen LogP) is 3.69. The first-order valence-corrected chi connectivity index (χ1v) is 8.00. The van der Waals surface area contributed by atoms with Crippen molar-refractivity contribution in [3.05, 3.63) is 69.5 Å². The van der Waals surface area contributed by atoms with Gasteiger partial charge in [0.15, 0.2) is 0 Å². The number of carbonyl (C=O) groups is 1. The zero-order valence-corrected chi connectivity index (χ0v) is 13.5. The molecule has 25 heavy (non-hydrogen) atoms. The minimum absolute atomic E-state index is 0.0750. The van der Waals surface area contributed by atoms with Crippen molar-refractivity contribution in [2.75, 3.05) is 18.0 Å². The second-order valence-corrected chi connectivity index (χ2v) is 5.82. The third-order valence-electron chi connectivity index (χ3n) is 4.17. The molecule has 0 unspecified atom stereocenters. The van der Waals surface area contributed by atoms with Gasteiger partial charge in [-0.15, -0.1) is 0 Å². The lowest BCUT2D eigenvalue weighted by atomic mass is 10.1. The Hall–Kier alpha value is -2.96. The molecule has 0 bridgehead atoms. The maximum absolute atomic E-state index is 13.6. The molecule has 1 fully saturated rings. The van der Waals surface area contributed by atoms with E-state index in [1.54, 1.807) is 18.2 Å². The molecule has 2 aromatic rings. The summed E-state index contributed by atoms with van der Waals surface area (Å²) in [5, 5.41) is 11.4. The molecule has 0 aliphatic carbocycles. The van der Waals surface area contributed by atoms with E-state index in [0.29, 0.717) is 5.69 Å². The van der Waals surface area contributed by atoms with Crippen molar-refractivity contribution < 1.29 is 18.8 Å². The molecule has 1 saturated heterocycles. The quantitative estimate of drug-likeness (QED) is 0.470. The Kier molecular flexibility index (Phi) is 4.92. The van der Waals surface area contributed by atoms with E-state index in [-0.39, 0.29) is 23.4 Å². The van der Waals surface area contributed by atoms with E-state index in [1.165, 1.54) is 24.3 Å². The van der Waals surface area contributed by atoms with Crippen LogP contribution in [-0.4, -0.2) is 24.0 Å². The van der Waals surface area contributed by atoms with Gasteiger partial charge < -0.3 is 9.64 Å². The Bertz CT molecular complexity index is 803. The summed E-state index contributed by atoms with van der Waals surface area (Å²) in [6.45, 7) is 1.29. The fourth-order valence-corrected chi connectivity index (χ4v) is 2.86. The fraction of sp³-hybridized carbons (Fsp3) is 0.278. The molecular weight excluding hydrogens is 327 g/mol. The molecule has 6 nitrogen and oxygen atoms in total. The van der Waals surface area contributed by atoms with Gasteiger partial charge in [0, 0.05) is 24.7 Å². The highest BCUT2D eigenvalue weighted by Gasteiger charge is 2.24. The van der Waals surface area contributed by atoms with Crippen molar-refractivity contribution in [2.24, 2.45) is 0 Å². The Morgan fingerprint density at radius 2 is 1.92 bits per heavy atom. The summed E-state index contributed by atoms with van der Waals surface area (Å²) in [5.41, 5.74) is 0.709. The van der Waals surface area contributed by atoms with E-state index >= 15 is 0 Å². The van der Waals surface area contributed by atoms with Gasteiger partial charge in [-0.2, -0.15) is 0 Å². The number of anilines is 1. The van der Waals surface area contributed by atoms with Crippen LogP contribution in [0, 0.1) is 15.9 Å². The topological polar surface area (TPSA) is 72.7 Å². The fourth-order valence-electron chi connectivity index (χ4n) is 2.86. The first-order valence-electron chi connectivity index (χ1n) is 8.00. The van der Waals surface area contributed by atoms with Crippen LogP contribution in [0.15, 0.2) is 42.5 Å². The molecule has 7 heteroatoms. The SMILES string of the molecule is O=C(OCc1ccccc1F)c1ccc(N2CCCC2)c([N+](=O)[O-])c1. The Labute approximate surface area is 144 Å². The number of hydrogen-bond donors (Lipinski definition) is 0. The van der Waals surface area contributed by atoms with Gasteiger partial charge in [-0.1, -0.05) is 18.2 Å². The van der Waals surface area contributed by atoms with E-state index in [1.807, 2.05) is 4.90 Å². The van der Waals surface area contributed by atoms with E-state index in [2.05, 4.69) is 0 Å². The number of nitrogens with zero attached hydrogens (tertiary/aromatic N) is 2. The molecule has 0 amide bonds. The van der Waals surface area contributed by atoms with E-state index < -0.39 is 16.7 Å². The number of ether oxygens (including phenoxy) is 1. The highest BCUT2D eigenvalue weighted by molar-refractivity contribution is 5.91. The zero-order chi connectivity index (χ0) is 17.8. The highest BCUT2D eigenvalue weighted by atomic mass is 19.1. The van der Waals surface area contributed by atoms with Crippen LogP contribution in [0.2, 0.25) is 0 Å². The van der Waals surface area contributed by atoms with Crippen molar-refractivity contribution in [1.29, 1.82) is 0 Å². The van der Waals surface area contributed by atoms with Crippen molar-refractivity contribution >= 4 is 17.3 Å². The predicted molar refractivity (Wildman–Crippen MR) is 90.1 cm³/mol. The third-order valence-corrected chi connectivity index (χ3v) is 4.17. The summed E-state index contributed by atoms with van der Waals surface area (Å²) in [4.78, 5) is 24.9. The molecule has 0 aromatic heterocycles. The van der Waals surface area contributed by atoms with Gasteiger partial charge >= 0.3 is 5.97 Å². The Morgan fingerprint density at radius 3 is 2.60 bits per heavy atom. The maximum atomic E-state index is 13.6. The molecule has 0 N–H and O–H groups in total. The molecule has 1 aliphatic rings. The summed E-state index contributed by atoms with van der Waals surface area (Å²) in [6.07, 6.45) is 1.98. The van der Waals surface area contributed by atoms with Gasteiger partial charge in [0.05, 0.1) is 10.5 Å². The van der Waals surface area contributed by atoms with Gasteiger partial charge in [0.2, 0.25) is 0 Å². The van der Waals surface area contributed by atoms with Crippen molar-refractivity contribution in [3.63, 3.8) is 0 Å². The standard InChI is InChI=1S/C18H17FN2O4/c19-15-6-2-1-5-14(15)12-25-18(22)13-7-8-16(17(11-13)21(23)24)20-9-3-4-10-20/h1-2,5-8,11H,3-4,9-10,12H2. The van der Waals surface area contributed by atoms with Crippen molar-refractivity contribution in [3.8, 4) is 0 Å². The Balaban J connectivity index is 1.77. The van der Waals surface area contributed by atoms with Crippen LogP contribution >= 0.6 is 0 Å². The lowest BCUT2D eigenvalue weighted by Crippen LogP contribution is -2.19. The average molecular weight is 344 g/mol. The summed E-state index contributed by atoms with van der Waals surface area (Å²) >= 11 is 0. The molecule has 2 aromatic carbocycles. The zero-order valence-electron chi connectivity index (χ0n) is 13.5. The number of carbonyl (C=O) groups excluding carboxylic acids is 1. The molecule has 0 atom stereocenters. The number of esters is 1. The molecular formula is C18H17FN2O4. The van der Waals surface area contributed by atoms with Gasteiger partial charge in [-0.3, -0.25) is 10.1 Å². The van der Waals surface area contributed by atoms with E-state index in [9.17, 15) is 19.3 Å². The Morgan fingerprint density at radius 1 is 1.20 bits per heavy atom. The number of benzene rings is 2. The average Bonchev–Trinajstić information content (AvgIpc) is 3.14. The van der Waals surface area contributed by atoms with E-state index in [0.717, 1.165) is 25.9 Å². The highest BCUT2D eigenvalue weighted by Crippen LogP contribution is 2.31. The number of nitro benzene ring substituents is 1. The number of halogens is 1. The number of hydrogen-bond acceptors (Lipinski definition) is 5. The first kappa shape index (κ1) is 16.9. The molecule has 0 saturated carbocycles. The second kappa shape index (κ2) is 7.29. The minimum Gasteiger partial charge on any atom is -0.457 e. The lowest BCUT2D eigenvalue weighted by Gasteiger charge is -2.17. The molecule has 1 heterocycles. The van der Waals surface area contributed by atoms with Gasteiger partial charge in [-0.05, 0) is 31.0 Å². The van der Waals surface area contributed by atoms with Gasteiger partial charge in [0.1, 0.15) is 18.1 Å². The third kappa shape index (κ3) is 3.76. The van der Waals surface area contributed by atoms with Crippen LogP contribution in [0.25, 0.3) is 0 Å². The van der Waals surface area contributed by atoms with Crippen LogP contribution in [0.3, 0.4) is 0 Å². The largest absolute Gasteiger partial charge is 0.457 e. The lowest BCUT2D eigenvalue weighted by molar-refractivity contribution is -0.384. The molecule has 1 aliphatic heterocycles. The first-order chi connectivity index (χ1) is 12.1. The number of nitro groups is 1. The smallest absolute Gasteiger partial charge is 0.338 e. The summed E-state index contributed by atoms with van der Waals surface area (Å²) in [6, 6.07) is 10.3. The van der Waals surface area contributed by atoms with Gasteiger partial charge in [0.25, 0.3) is 5.69 Å².